The van der Waals surface area contributed by atoms with Gasteiger partial charge in [-0.15, -0.1) is 0 Å². The molecular formula is C27H27N3O3. The van der Waals surface area contributed by atoms with E-state index >= 15 is 0 Å². The summed E-state index contributed by atoms with van der Waals surface area (Å²) in [6.45, 7) is 3.96. The number of imide groups is 1. The number of methoxy groups -OCH3 is 1. The molecule has 0 bridgehead atoms. The van der Waals surface area contributed by atoms with E-state index in [1.807, 2.05) is 81.4 Å². The van der Waals surface area contributed by atoms with E-state index in [-0.39, 0.29) is 17.2 Å². The molecule has 1 aliphatic rings. The van der Waals surface area contributed by atoms with E-state index in [2.05, 4.69) is 5.32 Å². The van der Waals surface area contributed by atoms with Gasteiger partial charge in [-0.2, -0.15) is 0 Å². The summed E-state index contributed by atoms with van der Waals surface area (Å²) in [7, 11) is 5.48. The minimum absolute atomic E-state index is 0.223. The van der Waals surface area contributed by atoms with Crippen molar-refractivity contribution >= 4 is 34.4 Å². The Labute approximate surface area is 194 Å². The van der Waals surface area contributed by atoms with Crippen LogP contribution in [0.3, 0.4) is 0 Å². The smallest absolute Gasteiger partial charge is 0.282 e. The molecule has 6 nitrogen and oxygen atoms in total. The number of carbonyl (C=O) groups excluding carboxylic acids is 2. The number of para-hydroxylation sites is 1. The standard InChI is InChI=1S/C27H27N3O3/c1-17-10-13-21(16-18(17)2)30-26(31)24(22-8-6-7-9-23(22)33-5)25(27(30)32)28-19-11-14-20(15-12-19)29(3)4/h6-16,28H,1-5H3. The molecule has 1 N–H and O–H groups in total. The lowest BCUT2D eigenvalue weighted by atomic mass is 10.0. The Balaban J connectivity index is 1.83. The number of nitrogens with one attached hydrogen (secondary N) is 1. The van der Waals surface area contributed by atoms with Gasteiger partial charge in [-0.3, -0.25) is 9.59 Å². The number of ether oxygens (including phenoxy) is 1. The topological polar surface area (TPSA) is 61.9 Å². The lowest BCUT2D eigenvalue weighted by molar-refractivity contribution is -0.120. The Morgan fingerprint density at radius 2 is 1.55 bits per heavy atom. The SMILES string of the molecule is COc1ccccc1C1=C(Nc2ccc(N(C)C)cc2)C(=O)N(c2ccc(C)c(C)c2)C1=O. The molecule has 0 atom stereocenters. The first-order valence-electron chi connectivity index (χ1n) is 10.7. The number of aryl methyl sites for hydroxylation is 2. The predicted molar refractivity (Wildman–Crippen MR) is 133 cm³/mol. The molecule has 0 spiro atoms. The van der Waals surface area contributed by atoms with Crippen molar-refractivity contribution in [1.29, 1.82) is 0 Å². The van der Waals surface area contributed by atoms with Crippen molar-refractivity contribution in [3.63, 3.8) is 0 Å². The minimum Gasteiger partial charge on any atom is -0.496 e. The predicted octanol–water partition coefficient (Wildman–Crippen LogP) is 4.77. The van der Waals surface area contributed by atoms with Crippen molar-refractivity contribution in [2.45, 2.75) is 13.8 Å². The number of carbonyl (C=O) groups is 2. The molecule has 3 aromatic carbocycles. The molecule has 0 saturated carbocycles. The van der Waals surface area contributed by atoms with Gasteiger partial charge < -0.3 is 15.0 Å². The summed E-state index contributed by atoms with van der Waals surface area (Å²) in [6, 6.07) is 20.5. The van der Waals surface area contributed by atoms with Gasteiger partial charge in [-0.1, -0.05) is 24.3 Å². The quantitative estimate of drug-likeness (QED) is 0.558. The molecule has 6 heteroatoms. The van der Waals surface area contributed by atoms with Gasteiger partial charge in [0.1, 0.15) is 11.4 Å². The highest BCUT2D eigenvalue weighted by Gasteiger charge is 2.41. The first-order chi connectivity index (χ1) is 15.8. The van der Waals surface area contributed by atoms with Gasteiger partial charge in [0.25, 0.3) is 11.8 Å². The van der Waals surface area contributed by atoms with Gasteiger partial charge >= 0.3 is 0 Å². The Hall–Kier alpha value is -4.06. The van der Waals surface area contributed by atoms with E-state index in [9.17, 15) is 9.59 Å². The summed E-state index contributed by atoms with van der Waals surface area (Å²) in [5.41, 5.74) is 5.46. The first-order valence-corrected chi connectivity index (χ1v) is 10.7. The average molecular weight is 442 g/mol. The molecule has 0 radical (unpaired) electrons. The van der Waals surface area contributed by atoms with E-state index in [1.165, 1.54) is 4.90 Å². The van der Waals surface area contributed by atoms with Crippen LogP contribution >= 0.6 is 0 Å². The Kier molecular flexibility index (Phi) is 5.92. The third-order valence-electron chi connectivity index (χ3n) is 5.86. The summed E-state index contributed by atoms with van der Waals surface area (Å²) < 4.78 is 5.51. The van der Waals surface area contributed by atoms with E-state index in [1.54, 1.807) is 25.3 Å². The minimum atomic E-state index is -0.402. The lowest BCUT2D eigenvalue weighted by Gasteiger charge is -2.17. The van der Waals surface area contributed by atoms with Crippen LogP contribution in [0.25, 0.3) is 5.57 Å². The van der Waals surface area contributed by atoms with Gasteiger partial charge in [0.15, 0.2) is 0 Å². The Morgan fingerprint density at radius 1 is 0.848 bits per heavy atom. The second kappa shape index (κ2) is 8.82. The average Bonchev–Trinajstić information content (AvgIpc) is 3.05. The highest BCUT2D eigenvalue weighted by atomic mass is 16.5. The number of rotatable bonds is 6. The van der Waals surface area contributed by atoms with Crippen molar-refractivity contribution in [1.82, 2.24) is 0 Å². The van der Waals surface area contributed by atoms with Crippen LogP contribution in [0.2, 0.25) is 0 Å². The van der Waals surface area contributed by atoms with Crippen LogP contribution in [-0.4, -0.2) is 33.0 Å². The van der Waals surface area contributed by atoms with Gasteiger partial charge in [-0.25, -0.2) is 4.90 Å². The number of amides is 2. The van der Waals surface area contributed by atoms with E-state index in [0.717, 1.165) is 16.8 Å². The summed E-state index contributed by atoms with van der Waals surface area (Å²) in [5, 5.41) is 3.21. The summed E-state index contributed by atoms with van der Waals surface area (Å²) in [6.07, 6.45) is 0. The first kappa shape index (κ1) is 22.1. The van der Waals surface area contributed by atoms with Crippen molar-refractivity contribution < 1.29 is 14.3 Å². The maximum Gasteiger partial charge on any atom is 0.282 e. The second-order valence-electron chi connectivity index (χ2n) is 8.23. The molecule has 0 fully saturated rings. The molecule has 0 unspecified atom stereocenters. The summed E-state index contributed by atoms with van der Waals surface area (Å²) in [5.74, 6) is -0.265. The lowest BCUT2D eigenvalue weighted by Crippen LogP contribution is -2.32. The van der Waals surface area contributed by atoms with Crippen LogP contribution in [0, 0.1) is 13.8 Å². The Bertz CT molecular complexity index is 1260. The number of nitrogens with zero attached hydrogens (tertiary/aromatic N) is 2. The fourth-order valence-corrected chi connectivity index (χ4v) is 3.83. The van der Waals surface area contributed by atoms with Crippen molar-refractivity contribution in [3.8, 4) is 5.75 Å². The van der Waals surface area contributed by atoms with Crippen molar-refractivity contribution in [2.75, 3.05) is 36.3 Å². The largest absolute Gasteiger partial charge is 0.496 e. The molecule has 1 heterocycles. The summed E-state index contributed by atoms with van der Waals surface area (Å²) >= 11 is 0. The second-order valence-corrected chi connectivity index (χ2v) is 8.23. The highest BCUT2D eigenvalue weighted by molar-refractivity contribution is 6.46. The normalized spacial score (nSPS) is 13.5. The zero-order valence-electron chi connectivity index (χ0n) is 19.5. The van der Waals surface area contributed by atoms with Crippen LogP contribution in [0.15, 0.2) is 72.4 Å². The fraction of sp³-hybridized carbons (Fsp3) is 0.185. The molecule has 3 aromatic rings. The molecule has 0 aliphatic carbocycles. The number of anilines is 3. The number of hydrogen-bond acceptors (Lipinski definition) is 5. The third-order valence-corrected chi connectivity index (χ3v) is 5.86. The van der Waals surface area contributed by atoms with Crippen molar-refractivity contribution in [3.05, 3.63) is 89.1 Å². The number of hydrogen-bond donors (Lipinski definition) is 1. The van der Waals surface area contributed by atoms with Gasteiger partial charge in [0.2, 0.25) is 0 Å². The molecule has 0 aromatic heterocycles. The Morgan fingerprint density at radius 3 is 2.18 bits per heavy atom. The van der Waals surface area contributed by atoms with Crippen molar-refractivity contribution in [2.24, 2.45) is 0 Å². The van der Waals surface area contributed by atoms with E-state index in [0.29, 0.717) is 22.7 Å². The van der Waals surface area contributed by atoms with Gasteiger partial charge in [-0.05, 0) is 67.4 Å². The van der Waals surface area contributed by atoms with Crippen LogP contribution in [0.4, 0.5) is 17.1 Å². The molecule has 2 amide bonds. The third kappa shape index (κ3) is 4.07. The fourth-order valence-electron chi connectivity index (χ4n) is 3.83. The van der Waals surface area contributed by atoms with Crippen LogP contribution in [-0.2, 0) is 9.59 Å². The van der Waals surface area contributed by atoms with E-state index in [4.69, 9.17) is 4.74 Å². The highest BCUT2D eigenvalue weighted by Crippen LogP contribution is 2.37. The van der Waals surface area contributed by atoms with Gasteiger partial charge in [0, 0.05) is 31.0 Å². The van der Waals surface area contributed by atoms with Crippen LogP contribution in [0.1, 0.15) is 16.7 Å². The maximum atomic E-state index is 13.7. The summed E-state index contributed by atoms with van der Waals surface area (Å²) in [4.78, 5) is 30.5. The molecule has 33 heavy (non-hydrogen) atoms. The zero-order chi connectivity index (χ0) is 23.7. The van der Waals surface area contributed by atoms with Gasteiger partial charge in [0.05, 0.1) is 18.4 Å². The molecule has 0 saturated heterocycles. The molecular weight excluding hydrogens is 414 g/mol. The maximum absolute atomic E-state index is 13.7. The molecule has 4 rings (SSSR count). The zero-order valence-corrected chi connectivity index (χ0v) is 19.5. The number of benzene rings is 3. The molecule has 1 aliphatic heterocycles. The monoisotopic (exact) mass is 441 g/mol. The van der Waals surface area contributed by atoms with E-state index < -0.39 is 5.91 Å². The van der Waals surface area contributed by atoms with Crippen LogP contribution in [0.5, 0.6) is 5.75 Å². The molecule has 168 valence electrons. The van der Waals surface area contributed by atoms with Crippen LogP contribution < -0.4 is 19.9 Å².